The van der Waals surface area contributed by atoms with Crippen molar-refractivity contribution in [3.8, 4) is 11.8 Å². The number of ether oxygens (including phenoxy) is 5. The quantitative estimate of drug-likeness (QED) is 0.415. The van der Waals surface area contributed by atoms with Crippen LogP contribution in [0, 0.1) is 11.6 Å². The van der Waals surface area contributed by atoms with Crippen molar-refractivity contribution in [3.63, 3.8) is 0 Å². The van der Waals surface area contributed by atoms with Gasteiger partial charge in [0.2, 0.25) is 0 Å². The van der Waals surface area contributed by atoms with E-state index >= 15 is 0 Å². The van der Waals surface area contributed by atoms with Gasteiger partial charge >= 0.3 is 0 Å². The summed E-state index contributed by atoms with van der Waals surface area (Å²) in [7, 11) is 0. The predicted octanol–water partition coefficient (Wildman–Crippen LogP) is 3.21. The average molecular weight is 541 g/mol. The van der Waals surface area contributed by atoms with Crippen molar-refractivity contribution < 1.29 is 37.6 Å². The van der Waals surface area contributed by atoms with Crippen LogP contribution in [0.25, 0.3) is 11.2 Å². The Morgan fingerprint density at radius 3 is 2.49 bits per heavy atom. The molecule has 3 aliphatic heterocycles. The maximum Gasteiger partial charge on any atom is 0.296 e. The Balaban J connectivity index is 0.00000137. The van der Waals surface area contributed by atoms with E-state index in [1.165, 1.54) is 0 Å². The Morgan fingerprint density at radius 2 is 1.78 bits per heavy atom. The molecule has 3 fully saturated rings. The lowest BCUT2D eigenvalue weighted by Gasteiger charge is -2.26. The second-order valence-electron chi connectivity index (χ2n) is 8.55. The van der Waals surface area contributed by atoms with Crippen LogP contribution in [-0.2, 0) is 20.8 Å². The lowest BCUT2D eigenvalue weighted by molar-refractivity contribution is -0.0798. The molecule has 4 atom stereocenters. The van der Waals surface area contributed by atoms with Crippen LogP contribution < -0.4 is 14.8 Å². The number of aromatic amines is 1. The first-order valence-corrected chi connectivity index (χ1v) is 12.4. The summed E-state index contributed by atoms with van der Waals surface area (Å²) in [6, 6.07) is 4.04. The maximum absolute atomic E-state index is 14.5. The van der Waals surface area contributed by atoms with E-state index in [0.29, 0.717) is 24.4 Å². The van der Waals surface area contributed by atoms with Crippen LogP contribution in [0.2, 0.25) is 5.02 Å². The van der Waals surface area contributed by atoms with E-state index in [0.717, 1.165) is 12.1 Å². The maximum atomic E-state index is 14.5. The molecule has 6 rings (SSSR count). The number of H-pyrrole nitrogens is 1. The van der Waals surface area contributed by atoms with Gasteiger partial charge in [-0.25, -0.2) is 13.8 Å². The minimum Gasteiger partial charge on any atom is -0.485 e. The summed E-state index contributed by atoms with van der Waals surface area (Å²) in [6.45, 7) is 5.03. The summed E-state index contributed by atoms with van der Waals surface area (Å²) in [5.74, 6) is -1.20. The van der Waals surface area contributed by atoms with Crippen LogP contribution in [-0.4, -0.2) is 77.0 Å². The van der Waals surface area contributed by atoms with Crippen molar-refractivity contribution >= 4 is 28.6 Å². The van der Waals surface area contributed by atoms with Gasteiger partial charge in [0.1, 0.15) is 47.6 Å². The molecule has 0 bridgehead atoms. The number of imidazole rings is 1. The molecule has 1 aromatic carbocycles. The molecular weight excluding hydrogens is 514 g/mol. The van der Waals surface area contributed by atoms with Gasteiger partial charge in [-0.15, -0.1) is 0 Å². The number of nitrogens with one attached hydrogen (secondary N) is 2. The van der Waals surface area contributed by atoms with Gasteiger partial charge in [-0.05, 0) is 6.07 Å². The Labute approximate surface area is 216 Å². The molecule has 37 heavy (non-hydrogen) atoms. The summed E-state index contributed by atoms with van der Waals surface area (Å²) in [5, 5.41) is 13.0. The van der Waals surface area contributed by atoms with Crippen LogP contribution >= 0.6 is 11.6 Å². The normalized spacial score (nSPS) is 24.8. The molecule has 2 aromatic heterocycles. The molecule has 0 unspecified atom stereocenters. The zero-order valence-electron chi connectivity index (χ0n) is 20.2. The number of anilines is 1. The number of halogens is 3. The molecule has 3 N–H and O–H groups in total. The number of aromatic nitrogens is 3. The first-order chi connectivity index (χ1) is 17.9. The third-order valence-electron chi connectivity index (χ3n) is 6.11. The number of benzene rings is 1. The van der Waals surface area contributed by atoms with Crippen LogP contribution in [0.15, 0.2) is 18.2 Å². The number of pyridine rings is 1. The summed E-state index contributed by atoms with van der Waals surface area (Å²) in [4.78, 5) is 11.6. The highest BCUT2D eigenvalue weighted by molar-refractivity contribution is 6.33. The Morgan fingerprint density at radius 1 is 1.05 bits per heavy atom. The molecule has 200 valence electrons. The number of fused-ring (bicyclic) bond motifs is 2. The highest BCUT2D eigenvalue weighted by atomic mass is 35.5. The Bertz CT molecular complexity index is 1240. The number of rotatable bonds is 7. The van der Waals surface area contributed by atoms with E-state index in [-0.39, 0.29) is 54.0 Å². The number of aliphatic hydroxyl groups is 1. The second kappa shape index (κ2) is 10.9. The van der Waals surface area contributed by atoms with Crippen molar-refractivity contribution in [1.82, 2.24) is 15.0 Å². The zero-order chi connectivity index (χ0) is 26.1. The van der Waals surface area contributed by atoms with Crippen LogP contribution in [0.1, 0.15) is 19.4 Å². The second-order valence-corrected chi connectivity index (χ2v) is 8.96. The minimum absolute atomic E-state index is 0.107. The Kier molecular flexibility index (Phi) is 7.63. The molecule has 5 heterocycles. The van der Waals surface area contributed by atoms with Gasteiger partial charge in [-0.2, -0.15) is 4.98 Å². The fourth-order valence-electron chi connectivity index (χ4n) is 4.23. The van der Waals surface area contributed by atoms with Gasteiger partial charge in [0.05, 0.1) is 37.0 Å². The van der Waals surface area contributed by atoms with E-state index in [1.807, 2.05) is 13.8 Å². The third-order valence-corrected chi connectivity index (χ3v) is 6.40. The van der Waals surface area contributed by atoms with Crippen LogP contribution in [0.5, 0.6) is 11.8 Å². The van der Waals surface area contributed by atoms with E-state index in [9.17, 15) is 13.9 Å². The molecule has 10 nitrogen and oxygen atoms in total. The standard InChI is InChI=1S/C22H21ClF2N4O6.C2H6/c23-12-3-15-21(29-22(27-15)35-17-8-33-18-16(30)7-32-19(17)18)28-20(12)26-4-11-13(24)1-9(2-14(11)25)34-10-5-31-6-10;1-2/h1-3,10,16-19,30H,4-8H2,(H2,26,27,28,29);1-2H3/t16-,17-,18-,19-;/m1./s1. The van der Waals surface area contributed by atoms with E-state index in [2.05, 4.69) is 20.3 Å². The van der Waals surface area contributed by atoms with Crippen molar-refractivity contribution in [2.45, 2.75) is 50.9 Å². The van der Waals surface area contributed by atoms with Crippen molar-refractivity contribution in [2.24, 2.45) is 0 Å². The molecular formula is C24H27ClF2N4O6. The van der Waals surface area contributed by atoms with E-state index in [4.69, 9.17) is 35.3 Å². The molecule has 3 saturated heterocycles. The summed E-state index contributed by atoms with van der Waals surface area (Å²) >= 11 is 6.32. The summed E-state index contributed by atoms with van der Waals surface area (Å²) in [5.41, 5.74) is 0.625. The fraction of sp³-hybridized carbons (Fsp3) is 0.500. The molecule has 3 aliphatic rings. The van der Waals surface area contributed by atoms with Crippen molar-refractivity contribution in [3.05, 3.63) is 40.4 Å². The predicted molar refractivity (Wildman–Crippen MR) is 129 cm³/mol. The summed E-state index contributed by atoms with van der Waals surface area (Å²) < 4.78 is 56.5. The largest absolute Gasteiger partial charge is 0.485 e. The van der Waals surface area contributed by atoms with Crippen LogP contribution in [0.4, 0.5) is 14.6 Å². The number of hydrogen-bond donors (Lipinski definition) is 3. The lowest BCUT2D eigenvalue weighted by atomic mass is 10.1. The highest BCUT2D eigenvalue weighted by Crippen LogP contribution is 2.31. The topological polar surface area (TPSA) is 120 Å². The fourth-order valence-corrected chi connectivity index (χ4v) is 4.45. The van der Waals surface area contributed by atoms with E-state index in [1.54, 1.807) is 6.07 Å². The van der Waals surface area contributed by atoms with Gasteiger partial charge in [-0.1, -0.05) is 25.4 Å². The van der Waals surface area contributed by atoms with Gasteiger partial charge in [0.15, 0.2) is 11.8 Å². The minimum atomic E-state index is -0.753. The summed E-state index contributed by atoms with van der Waals surface area (Å²) in [6.07, 6.45) is -2.15. The van der Waals surface area contributed by atoms with Gasteiger partial charge in [-0.3, -0.25) is 0 Å². The molecule has 0 aliphatic carbocycles. The zero-order valence-corrected chi connectivity index (χ0v) is 20.9. The van der Waals surface area contributed by atoms with Crippen molar-refractivity contribution in [2.75, 3.05) is 31.7 Å². The number of nitrogens with zero attached hydrogens (tertiary/aromatic N) is 2. The first kappa shape index (κ1) is 25.9. The SMILES string of the molecule is CC.O[C@@H]1CO[C@H]2[C@@H]1OC[C@H]2Oc1nc2nc(NCc3c(F)cc(OC4COC4)cc3F)c(Cl)cc2[nH]1. The van der Waals surface area contributed by atoms with Gasteiger partial charge in [0.25, 0.3) is 6.01 Å². The number of hydrogen-bond acceptors (Lipinski definition) is 9. The van der Waals surface area contributed by atoms with Gasteiger partial charge < -0.3 is 39.1 Å². The molecule has 0 saturated carbocycles. The molecule has 13 heteroatoms. The molecule has 0 amide bonds. The third kappa shape index (κ3) is 5.30. The molecule has 0 radical (unpaired) electrons. The highest BCUT2D eigenvalue weighted by Gasteiger charge is 2.48. The first-order valence-electron chi connectivity index (χ1n) is 12.0. The smallest absolute Gasteiger partial charge is 0.296 e. The van der Waals surface area contributed by atoms with Gasteiger partial charge in [0, 0.05) is 24.2 Å². The monoisotopic (exact) mass is 540 g/mol. The van der Waals surface area contributed by atoms with Crippen molar-refractivity contribution in [1.29, 1.82) is 0 Å². The molecule has 3 aromatic rings. The number of aliphatic hydroxyl groups excluding tert-OH is 1. The average Bonchev–Trinajstić information content (AvgIpc) is 3.54. The Hall–Kier alpha value is -2.77. The molecule has 0 spiro atoms. The lowest BCUT2D eigenvalue weighted by Crippen LogP contribution is -2.38. The van der Waals surface area contributed by atoms with E-state index < -0.39 is 36.1 Å². The van der Waals surface area contributed by atoms with Crippen LogP contribution in [0.3, 0.4) is 0 Å².